The monoisotopic (exact) mass is 148 g/mol. The molecule has 0 aromatic carbocycles. The lowest BCUT2D eigenvalue weighted by Crippen LogP contribution is -1.92. The van der Waals surface area contributed by atoms with Gasteiger partial charge in [-0.1, -0.05) is 0 Å². The van der Waals surface area contributed by atoms with Crippen LogP contribution >= 0.6 is 0 Å². The molecule has 11 heavy (non-hydrogen) atoms. The van der Waals surface area contributed by atoms with Crippen LogP contribution in [0.3, 0.4) is 0 Å². The van der Waals surface area contributed by atoms with Crippen LogP contribution in [0.15, 0.2) is 18.5 Å². The Morgan fingerprint density at radius 3 is 3.27 bits per heavy atom. The molecule has 2 aromatic heterocycles. The summed E-state index contributed by atoms with van der Waals surface area (Å²) in [5.74, 6) is 0.789. The summed E-state index contributed by atoms with van der Waals surface area (Å²) in [6.07, 6.45) is 3.52. The Bertz CT molecular complexity index is 365. The van der Waals surface area contributed by atoms with Crippen LogP contribution in [-0.2, 0) is 0 Å². The van der Waals surface area contributed by atoms with Crippen LogP contribution in [0.4, 0.5) is 5.82 Å². The number of hydrogen-bond donors (Lipinski definition) is 2. The molecule has 0 saturated heterocycles. The molecule has 4 nitrogen and oxygen atoms in total. The number of nitrogens with one attached hydrogen (secondary N) is 2. The summed E-state index contributed by atoms with van der Waals surface area (Å²) in [7, 11) is 1.82. The zero-order valence-corrected chi connectivity index (χ0v) is 6.13. The molecule has 56 valence electrons. The molecule has 0 bridgehead atoms. The van der Waals surface area contributed by atoms with E-state index in [1.165, 1.54) is 0 Å². The summed E-state index contributed by atoms with van der Waals surface area (Å²) >= 11 is 0. The van der Waals surface area contributed by atoms with Gasteiger partial charge in [0.25, 0.3) is 0 Å². The number of nitrogens with zero attached hydrogens (tertiary/aromatic N) is 2. The lowest BCUT2D eigenvalue weighted by atomic mass is 10.5. The van der Waals surface area contributed by atoms with Crippen molar-refractivity contribution in [3.63, 3.8) is 0 Å². The first-order valence-electron chi connectivity index (χ1n) is 3.38. The molecule has 4 heteroatoms. The quantitative estimate of drug-likeness (QED) is 0.634. The summed E-state index contributed by atoms with van der Waals surface area (Å²) < 4.78 is 0. The van der Waals surface area contributed by atoms with Crippen molar-refractivity contribution in [2.75, 3.05) is 12.4 Å². The zero-order valence-electron chi connectivity index (χ0n) is 6.13. The van der Waals surface area contributed by atoms with Gasteiger partial charge in [0.2, 0.25) is 0 Å². The zero-order chi connectivity index (χ0) is 7.68. The third-order valence-electron chi connectivity index (χ3n) is 1.52. The molecule has 0 aliphatic carbocycles. The van der Waals surface area contributed by atoms with E-state index in [0.717, 1.165) is 17.0 Å². The van der Waals surface area contributed by atoms with Gasteiger partial charge in [-0.3, -0.25) is 0 Å². The van der Waals surface area contributed by atoms with Gasteiger partial charge in [0.1, 0.15) is 11.3 Å². The predicted octanol–water partition coefficient (Wildman–Crippen LogP) is 1.000. The molecule has 0 radical (unpaired) electrons. The highest BCUT2D eigenvalue weighted by molar-refractivity contribution is 5.71. The van der Waals surface area contributed by atoms with Gasteiger partial charge in [-0.15, -0.1) is 0 Å². The van der Waals surface area contributed by atoms with Crippen molar-refractivity contribution in [3.8, 4) is 0 Å². The molecule has 0 spiro atoms. The molecular weight excluding hydrogens is 140 g/mol. The van der Waals surface area contributed by atoms with Crippen LogP contribution in [0, 0.1) is 0 Å². The van der Waals surface area contributed by atoms with E-state index >= 15 is 0 Å². The van der Waals surface area contributed by atoms with E-state index < -0.39 is 0 Å². The molecule has 0 unspecified atom stereocenters. The van der Waals surface area contributed by atoms with Crippen molar-refractivity contribution in [1.29, 1.82) is 0 Å². The van der Waals surface area contributed by atoms with Crippen LogP contribution in [0.5, 0.6) is 0 Å². The molecule has 0 fully saturated rings. The third-order valence-corrected chi connectivity index (χ3v) is 1.52. The fourth-order valence-corrected chi connectivity index (χ4v) is 0.951. The summed E-state index contributed by atoms with van der Waals surface area (Å²) in [6.45, 7) is 0. The number of hydrogen-bond acceptors (Lipinski definition) is 3. The molecule has 0 amide bonds. The molecule has 2 rings (SSSR count). The average Bonchev–Trinajstić information content (AvgIpc) is 2.50. The molecule has 0 aliphatic rings. The van der Waals surface area contributed by atoms with Gasteiger partial charge in [0.15, 0.2) is 5.65 Å². The SMILES string of the molecule is CNc1cnc2[nH]ccc2n1. The lowest BCUT2D eigenvalue weighted by molar-refractivity contribution is 1.24. The van der Waals surface area contributed by atoms with Crippen LogP contribution in [0.25, 0.3) is 11.2 Å². The smallest absolute Gasteiger partial charge is 0.156 e. The highest BCUT2D eigenvalue weighted by atomic mass is 15.0. The van der Waals surface area contributed by atoms with Crippen LogP contribution in [-0.4, -0.2) is 22.0 Å². The first-order valence-corrected chi connectivity index (χ1v) is 3.38. The maximum absolute atomic E-state index is 4.25. The lowest BCUT2D eigenvalue weighted by Gasteiger charge is -1.95. The molecule has 0 atom stereocenters. The molecule has 2 heterocycles. The van der Waals surface area contributed by atoms with E-state index in [-0.39, 0.29) is 0 Å². The van der Waals surface area contributed by atoms with Crippen molar-refractivity contribution in [2.45, 2.75) is 0 Å². The second-order valence-electron chi connectivity index (χ2n) is 2.22. The standard InChI is InChI=1S/C7H8N4/c1-8-6-4-10-7-5(11-6)2-3-9-7/h2-4H,1H3,(H,8,11)(H,9,10). The van der Waals surface area contributed by atoms with Gasteiger partial charge in [-0.25, -0.2) is 9.97 Å². The van der Waals surface area contributed by atoms with Crippen molar-refractivity contribution < 1.29 is 0 Å². The Labute approximate surface area is 63.7 Å². The number of aromatic nitrogens is 3. The Hall–Kier alpha value is -1.58. The Morgan fingerprint density at radius 2 is 2.45 bits per heavy atom. The number of anilines is 1. The summed E-state index contributed by atoms with van der Waals surface area (Å²) in [5.41, 5.74) is 1.71. The topological polar surface area (TPSA) is 53.6 Å². The van der Waals surface area contributed by atoms with Gasteiger partial charge < -0.3 is 10.3 Å². The molecule has 0 saturated carbocycles. The molecule has 2 N–H and O–H groups in total. The van der Waals surface area contributed by atoms with Gasteiger partial charge in [-0.2, -0.15) is 0 Å². The van der Waals surface area contributed by atoms with Gasteiger partial charge in [0, 0.05) is 13.2 Å². The van der Waals surface area contributed by atoms with E-state index in [1.54, 1.807) is 6.20 Å². The minimum absolute atomic E-state index is 0.789. The van der Waals surface area contributed by atoms with Crippen molar-refractivity contribution >= 4 is 17.0 Å². The molecule has 0 aliphatic heterocycles. The van der Waals surface area contributed by atoms with Gasteiger partial charge >= 0.3 is 0 Å². The second-order valence-corrected chi connectivity index (χ2v) is 2.22. The largest absolute Gasteiger partial charge is 0.372 e. The number of rotatable bonds is 1. The summed E-state index contributed by atoms with van der Waals surface area (Å²) in [4.78, 5) is 11.3. The van der Waals surface area contributed by atoms with E-state index in [1.807, 2.05) is 19.3 Å². The molecular formula is C7H8N4. The van der Waals surface area contributed by atoms with Gasteiger partial charge in [-0.05, 0) is 6.07 Å². The number of H-pyrrole nitrogens is 1. The highest BCUT2D eigenvalue weighted by Crippen LogP contribution is 2.08. The number of fused-ring (bicyclic) bond motifs is 1. The Morgan fingerprint density at radius 1 is 1.55 bits per heavy atom. The minimum Gasteiger partial charge on any atom is -0.372 e. The maximum Gasteiger partial charge on any atom is 0.156 e. The fraction of sp³-hybridized carbons (Fsp3) is 0.143. The fourth-order valence-electron chi connectivity index (χ4n) is 0.951. The van der Waals surface area contributed by atoms with Crippen LogP contribution in [0.1, 0.15) is 0 Å². The normalized spacial score (nSPS) is 10.3. The van der Waals surface area contributed by atoms with E-state index in [0.29, 0.717) is 0 Å². The summed E-state index contributed by atoms with van der Waals surface area (Å²) in [6, 6.07) is 1.89. The third kappa shape index (κ3) is 0.920. The van der Waals surface area contributed by atoms with Crippen molar-refractivity contribution in [2.24, 2.45) is 0 Å². The van der Waals surface area contributed by atoms with E-state index in [4.69, 9.17) is 0 Å². The van der Waals surface area contributed by atoms with Crippen LogP contribution < -0.4 is 5.32 Å². The van der Waals surface area contributed by atoms with Gasteiger partial charge in [0.05, 0.1) is 6.20 Å². The number of aromatic amines is 1. The maximum atomic E-state index is 4.25. The average molecular weight is 148 g/mol. The minimum atomic E-state index is 0.789. The summed E-state index contributed by atoms with van der Waals surface area (Å²) in [5, 5.41) is 2.92. The second kappa shape index (κ2) is 2.23. The van der Waals surface area contributed by atoms with Crippen molar-refractivity contribution in [3.05, 3.63) is 18.5 Å². The molecule has 2 aromatic rings. The van der Waals surface area contributed by atoms with Crippen LogP contribution in [0.2, 0.25) is 0 Å². The van der Waals surface area contributed by atoms with Crippen molar-refractivity contribution in [1.82, 2.24) is 15.0 Å². The predicted molar refractivity (Wildman–Crippen MR) is 43.4 cm³/mol. The van der Waals surface area contributed by atoms with E-state index in [2.05, 4.69) is 20.3 Å². The van der Waals surface area contributed by atoms with E-state index in [9.17, 15) is 0 Å². The highest BCUT2D eigenvalue weighted by Gasteiger charge is 1.96. The Kier molecular flexibility index (Phi) is 1.25. The first kappa shape index (κ1) is 6.15. The first-order chi connectivity index (χ1) is 5.40. The Balaban J connectivity index is 2.67.